The number of fused-ring (bicyclic) bond motifs is 1. The second-order valence-electron chi connectivity index (χ2n) is 5.70. The van der Waals surface area contributed by atoms with Crippen molar-refractivity contribution in [1.29, 1.82) is 0 Å². The summed E-state index contributed by atoms with van der Waals surface area (Å²) in [4.78, 5) is 20.5. The molecule has 0 unspecified atom stereocenters. The third-order valence-electron chi connectivity index (χ3n) is 3.65. The molecule has 0 spiro atoms. The van der Waals surface area contributed by atoms with Crippen LogP contribution in [-0.2, 0) is 11.2 Å². The zero-order valence-electron chi connectivity index (χ0n) is 14.0. The van der Waals surface area contributed by atoms with Crippen LogP contribution in [0.15, 0.2) is 67.0 Å². The average Bonchev–Trinajstić information content (AvgIpc) is 3.05. The zero-order chi connectivity index (χ0) is 18.6. The van der Waals surface area contributed by atoms with E-state index in [4.69, 9.17) is 16.3 Å². The Balaban J connectivity index is 1.38. The van der Waals surface area contributed by atoms with Gasteiger partial charge in [0.1, 0.15) is 11.5 Å². The van der Waals surface area contributed by atoms with Crippen LogP contribution in [0.25, 0.3) is 5.78 Å². The lowest BCUT2D eigenvalue weighted by Gasteiger charge is -2.08. The van der Waals surface area contributed by atoms with Crippen molar-refractivity contribution in [2.24, 2.45) is 0 Å². The van der Waals surface area contributed by atoms with E-state index in [0.717, 1.165) is 0 Å². The van der Waals surface area contributed by atoms with E-state index in [2.05, 4.69) is 20.4 Å². The van der Waals surface area contributed by atoms with E-state index in [1.807, 2.05) is 12.1 Å². The van der Waals surface area contributed by atoms with Crippen LogP contribution in [-0.4, -0.2) is 25.5 Å². The van der Waals surface area contributed by atoms with Gasteiger partial charge in [0.25, 0.3) is 5.78 Å². The van der Waals surface area contributed by atoms with Gasteiger partial charge in [-0.15, -0.1) is 5.10 Å². The fourth-order valence-corrected chi connectivity index (χ4v) is 2.65. The molecule has 134 valence electrons. The molecule has 0 bridgehead atoms. The first-order valence-corrected chi connectivity index (χ1v) is 8.53. The Labute approximate surface area is 159 Å². The van der Waals surface area contributed by atoms with Crippen LogP contribution in [0.5, 0.6) is 11.5 Å². The molecule has 8 heteroatoms. The van der Waals surface area contributed by atoms with Gasteiger partial charge < -0.3 is 10.1 Å². The molecule has 4 aromatic rings. The second-order valence-corrected chi connectivity index (χ2v) is 6.14. The van der Waals surface area contributed by atoms with Crippen molar-refractivity contribution in [3.05, 3.63) is 77.8 Å². The van der Waals surface area contributed by atoms with Crippen LogP contribution in [0, 0.1) is 0 Å². The Morgan fingerprint density at radius 1 is 1.11 bits per heavy atom. The number of carbonyl (C=O) groups excluding carboxylic acids is 1. The van der Waals surface area contributed by atoms with Crippen molar-refractivity contribution >= 4 is 29.0 Å². The molecule has 0 aliphatic carbocycles. The molecule has 0 atom stereocenters. The topological polar surface area (TPSA) is 81.4 Å². The normalized spacial score (nSPS) is 10.7. The Kier molecular flexibility index (Phi) is 4.67. The minimum Gasteiger partial charge on any atom is -0.457 e. The lowest BCUT2D eigenvalue weighted by Crippen LogP contribution is -2.15. The molecule has 7 nitrogen and oxygen atoms in total. The first-order valence-electron chi connectivity index (χ1n) is 8.15. The van der Waals surface area contributed by atoms with Gasteiger partial charge in [0, 0.05) is 23.1 Å². The van der Waals surface area contributed by atoms with E-state index < -0.39 is 0 Å². The van der Waals surface area contributed by atoms with Gasteiger partial charge in [0.05, 0.1) is 6.42 Å². The standard InChI is InChI=1S/C19H14ClN5O2/c20-13-3-1-4-16(11-13)27-15-7-5-14(6-8-15)22-18(26)12-17-23-19-21-9-2-10-25(19)24-17/h1-11H,12H2,(H,22,26). The summed E-state index contributed by atoms with van der Waals surface area (Å²) in [5.41, 5.74) is 0.653. The van der Waals surface area contributed by atoms with Crippen LogP contribution >= 0.6 is 11.6 Å². The Morgan fingerprint density at radius 3 is 2.74 bits per heavy atom. The number of hydrogen-bond donors (Lipinski definition) is 1. The van der Waals surface area contributed by atoms with Crippen molar-refractivity contribution in [2.75, 3.05) is 5.32 Å². The minimum atomic E-state index is -0.214. The predicted octanol–water partition coefficient (Wildman–Crippen LogP) is 3.75. The predicted molar refractivity (Wildman–Crippen MR) is 101 cm³/mol. The summed E-state index contributed by atoms with van der Waals surface area (Å²) >= 11 is 5.94. The third kappa shape index (κ3) is 4.21. The van der Waals surface area contributed by atoms with Crippen molar-refractivity contribution < 1.29 is 9.53 Å². The number of rotatable bonds is 5. The summed E-state index contributed by atoms with van der Waals surface area (Å²) in [5, 5.41) is 7.63. The van der Waals surface area contributed by atoms with E-state index in [1.54, 1.807) is 54.9 Å². The maximum atomic E-state index is 12.2. The smallest absolute Gasteiger partial charge is 0.252 e. The number of carbonyl (C=O) groups is 1. The van der Waals surface area contributed by atoms with Crippen LogP contribution in [0.2, 0.25) is 5.02 Å². The van der Waals surface area contributed by atoms with E-state index >= 15 is 0 Å². The van der Waals surface area contributed by atoms with Crippen LogP contribution in [0.1, 0.15) is 5.82 Å². The fourth-order valence-electron chi connectivity index (χ4n) is 2.47. The van der Waals surface area contributed by atoms with E-state index in [0.29, 0.717) is 33.8 Å². The van der Waals surface area contributed by atoms with Gasteiger partial charge in [-0.25, -0.2) is 9.50 Å². The first kappa shape index (κ1) is 17.0. The number of hydrogen-bond acceptors (Lipinski definition) is 5. The Hall–Kier alpha value is -3.45. The Morgan fingerprint density at radius 2 is 1.96 bits per heavy atom. The van der Waals surface area contributed by atoms with Crippen molar-refractivity contribution in [2.45, 2.75) is 6.42 Å². The highest BCUT2D eigenvalue weighted by Gasteiger charge is 2.10. The van der Waals surface area contributed by atoms with Crippen LogP contribution in [0.4, 0.5) is 5.69 Å². The molecule has 2 aromatic heterocycles. The van der Waals surface area contributed by atoms with Crippen molar-refractivity contribution in [3.63, 3.8) is 0 Å². The molecule has 0 radical (unpaired) electrons. The number of benzene rings is 2. The highest BCUT2D eigenvalue weighted by Crippen LogP contribution is 2.25. The number of nitrogens with zero attached hydrogens (tertiary/aromatic N) is 4. The average molecular weight is 380 g/mol. The van der Waals surface area contributed by atoms with Crippen molar-refractivity contribution in [1.82, 2.24) is 19.6 Å². The molecule has 0 aliphatic heterocycles. The van der Waals surface area contributed by atoms with Gasteiger partial charge in [-0.1, -0.05) is 17.7 Å². The number of aromatic nitrogens is 4. The van der Waals surface area contributed by atoms with E-state index in [1.165, 1.54) is 4.52 Å². The molecule has 1 N–H and O–H groups in total. The third-order valence-corrected chi connectivity index (χ3v) is 3.88. The molecule has 1 amide bonds. The molecule has 27 heavy (non-hydrogen) atoms. The zero-order valence-corrected chi connectivity index (χ0v) is 14.8. The molecule has 0 fully saturated rings. The molecule has 0 saturated carbocycles. The summed E-state index contributed by atoms with van der Waals surface area (Å²) in [6.45, 7) is 0. The number of nitrogens with one attached hydrogen (secondary N) is 1. The largest absolute Gasteiger partial charge is 0.457 e. The maximum Gasteiger partial charge on any atom is 0.252 e. The number of ether oxygens (including phenoxy) is 1. The van der Waals surface area contributed by atoms with Gasteiger partial charge in [0.15, 0.2) is 5.82 Å². The molecule has 4 rings (SSSR count). The van der Waals surface area contributed by atoms with Crippen molar-refractivity contribution in [3.8, 4) is 11.5 Å². The lowest BCUT2D eigenvalue weighted by atomic mass is 10.3. The molecule has 2 aromatic carbocycles. The fraction of sp³-hybridized carbons (Fsp3) is 0.0526. The van der Waals surface area contributed by atoms with Gasteiger partial charge in [-0.05, 0) is 48.5 Å². The summed E-state index contributed by atoms with van der Waals surface area (Å²) in [6, 6.07) is 15.9. The van der Waals surface area contributed by atoms with Gasteiger partial charge in [-0.2, -0.15) is 4.98 Å². The lowest BCUT2D eigenvalue weighted by molar-refractivity contribution is -0.115. The monoisotopic (exact) mass is 379 g/mol. The molecule has 0 aliphatic rings. The van der Waals surface area contributed by atoms with Gasteiger partial charge >= 0.3 is 0 Å². The maximum absolute atomic E-state index is 12.2. The molecule has 0 saturated heterocycles. The van der Waals surface area contributed by atoms with Crippen LogP contribution in [0.3, 0.4) is 0 Å². The SMILES string of the molecule is O=C(Cc1nc2ncccn2n1)Nc1ccc(Oc2cccc(Cl)c2)cc1. The number of amides is 1. The van der Waals surface area contributed by atoms with E-state index in [-0.39, 0.29) is 12.3 Å². The first-order chi connectivity index (χ1) is 13.2. The molecular weight excluding hydrogens is 366 g/mol. The summed E-state index contributed by atoms with van der Waals surface area (Å²) < 4.78 is 7.25. The summed E-state index contributed by atoms with van der Waals surface area (Å²) in [5.74, 6) is 1.94. The number of anilines is 1. The molecular formula is C19H14ClN5O2. The van der Waals surface area contributed by atoms with E-state index in [9.17, 15) is 4.79 Å². The summed E-state index contributed by atoms with van der Waals surface area (Å²) in [6.07, 6.45) is 3.42. The van der Waals surface area contributed by atoms with Gasteiger partial charge in [-0.3, -0.25) is 4.79 Å². The van der Waals surface area contributed by atoms with Gasteiger partial charge in [0.2, 0.25) is 5.91 Å². The second kappa shape index (κ2) is 7.43. The summed E-state index contributed by atoms with van der Waals surface area (Å²) in [7, 11) is 0. The highest BCUT2D eigenvalue weighted by atomic mass is 35.5. The Bertz CT molecular complexity index is 1060. The highest BCUT2D eigenvalue weighted by molar-refractivity contribution is 6.30. The quantitative estimate of drug-likeness (QED) is 0.571. The molecule has 2 heterocycles. The van der Waals surface area contributed by atoms with Crippen LogP contribution < -0.4 is 10.1 Å². The number of halogens is 1. The minimum absolute atomic E-state index is 0.0596.